The van der Waals surface area contributed by atoms with Crippen LogP contribution in [0.25, 0.3) is 22.5 Å². The van der Waals surface area contributed by atoms with Crippen molar-refractivity contribution in [3.05, 3.63) is 71.1 Å². The van der Waals surface area contributed by atoms with Crippen molar-refractivity contribution in [2.24, 2.45) is 0 Å². The molecule has 1 heterocycles. The minimum Gasteiger partial charge on any atom is -0.236 e. The lowest BCUT2D eigenvalue weighted by atomic mass is 10.0. The molecule has 0 unspecified atom stereocenters. The molecule has 0 spiro atoms. The molecule has 7 heteroatoms. The van der Waals surface area contributed by atoms with Gasteiger partial charge in [0.1, 0.15) is 34.9 Å². The van der Waals surface area contributed by atoms with E-state index in [2.05, 4.69) is 9.97 Å². The van der Waals surface area contributed by atoms with E-state index in [9.17, 15) is 17.6 Å². The van der Waals surface area contributed by atoms with Crippen LogP contribution in [0.1, 0.15) is 18.1 Å². The molecule has 0 aliphatic heterocycles. The first kappa shape index (κ1) is 17.5. The Morgan fingerprint density at radius 3 is 1.85 bits per heavy atom. The number of hydrogen-bond acceptors (Lipinski definition) is 3. The molecule has 1 aromatic heterocycles. The van der Waals surface area contributed by atoms with E-state index >= 15 is 0 Å². The van der Waals surface area contributed by atoms with Gasteiger partial charge in [-0.15, -0.1) is 0 Å². The SMILES string of the molecule is CCc1cc(F)c(-c2cnc(-c3cc(F)c(C#N)c(F)c3)nc2)c(F)c1. The number of halogens is 4. The number of nitriles is 1. The Kier molecular flexibility index (Phi) is 4.67. The minimum atomic E-state index is -1.04. The molecule has 0 bridgehead atoms. The third-order valence-electron chi connectivity index (χ3n) is 3.86. The van der Waals surface area contributed by atoms with Gasteiger partial charge < -0.3 is 0 Å². The average Bonchev–Trinajstić information content (AvgIpc) is 2.61. The Hall–Kier alpha value is -3.27. The van der Waals surface area contributed by atoms with Gasteiger partial charge in [-0.3, -0.25) is 0 Å². The van der Waals surface area contributed by atoms with Gasteiger partial charge in [0.05, 0.1) is 5.56 Å². The Morgan fingerprint density at radius 1 is 0.846 bits per heavy atom. The topological polar surface area (TPSA) is 49.6 Å². The van der Waals surface area contributed by atoms with Gasteiger partial charge in [-0.1, -0.05) is 6.92 Å². The molecule has 0 amide bonds. The molecule has 3 rings (SSSR count). The maximum absolute atomic E-state index is 14.2. The Labute approximate surface area is 146 Å². The molecular formula is C19H11F4N3. The Morgan fingerprint density at radius 2 is 1.38 bits per heavy atom. The van der Waals surface area contributed by atoms with Gasteiger partial charge in [0, 0.05) is 23.5 Å². The van der Waals surface area contributed by atoms with Crippen molar-refractivity contribution >= 4 is 0 Å². The zero-order valence-electron chi connectivity index (χ0n) is 13.5. The standard InChI is InChI=1S/C19H11F4N3/c1-2-10-3-16(22)18(17(23)4-10)12-8-25-19(26-9-12)11-5-14(20)13(7-24)15(21)6-11/h3-6,8-9H,2H2,1H3. The maximum atomic E-state index is 14.2. The van der Waals surface area contributed by atoms with Crippen LogP contribution in [0.2, 0.25) is 0 Å². The predicted molar refractivity (Wildman–Crippen MR) is 86.8 cm³/mol. The van der Waals surface area contributed by atoms with Gasteiger partial charge in [0.25, 0.3) is 0 Å². The molecule has 0 radical (unpaired) electrons. The summed E-state index contributed by atoms with van der Waals surface area (Å²) in [6, 6.07) is 5.74. The molecule has 3 aromatic rings. The molecule has 0 N–H and O–H groups in total. The number of nitrogens with zero attached hydrogens (tertiary/aromatic N) is 3. The zero-order chi connectivity index (χ0) is 18.8. The van der Waals surface area contributed by atoms with E-state index in [1.807, 2.05) is 0 Å². The van der Waals surface area contributed by atoms with Gasteiger partial charge in [0.2, 0.25) is 0 Å². The molecular weight excluding hydrogens is 346 g/mol. The van der Waals surface area contributed by atoms with Gasteiger partial charge in [0.15, 0.2) is 5.82 Å². The highest BCUT2D eigenvalue weighted by atomic mass is 19.1. The van der Waals surface area contributed by atoms with Crippen LogP contribution in [0, 0.1) is 34.6 Å². The molecule has 0 aliphatic rings. The number of rotatable bonds is 3. The summed E-state index contributed by atoms with van der Waals surface area (Å²) in [5.41, 5.74) is -0.352. The van der Waals surface area contributed by atoms with E-state index in [0.29, 0.717) is 12.0 Å². The van der Waals surface area contributed by atoms with Crippen molar-refractivity contribution in [2.75, 3.05) is 0 Å². The Bertz CT molecular complexity index is 978. The fraction of sp³-hybridized carbons (Fsp3) is 0.105. The molecule has 0 aliphatic carbocycles. The summed E-state index contributed by atoms with van der Waals surface area (Å²) in [4.78, 5) is 7.85. The second-order valence-electron chi connectivity index (χ2n) is 5.51. The molecule has 26 heavy (non-hydrogen) atoms. The summed E-state index contributed by atoms with van der Waals surface area (Å²) in [6.45, 7) is 1.78. The molecule has 0 saturated carbocycles. The van der Waals surface area contributed by atoms with Gasteiger partial charge in [-0.05, 0) is 36.2 Å². The van der Waals surface area contributed by atoms with Crippen LogP contribution in [-0.2, 0) is 6.42 Å². The van der Waals surface area contributed by atoms with E-state index < -0.39 is 28.8 Å². The number of aromatic nitrogens is 2. The van der Waals surface area contributed by atoms with Crippen LogP contribution in [0.4, 0.5) is 17.6 Å². The van der Waals surface area contributed by atoms with Crippen molar-refractivity contribution in [3.63, 3.8) is 0 Å². The summed E-state index contributed by atoms with van der Waals surface area (Å²) in [7, 11) is 0. The highest BCUT2D eigenvalue weighted by Gasteiger charge is 2.16. The van der Waals surface area contributed by atoms with E-state index in [-0.39, 0.29) is 22.5 Å². The summed E-state index contributed by atoms with van der Waals surface area (Å²) in [5, 5.41) is 8.68. The second kappa shape index (κ2) is 6.92. The fourth-order valence-electron chi connectivity index (χ4n) is 2.52. The lowest BCUT2D eigenvalue weighted by Crippen LogP contribution is -1.98. The van der Waals surface area contributed by atoms with Crippen LogP contribution in [0.15, 0.2) is 36.7 Å². The lowest BCUT2D eigenvalue weighted by Gasteiger charge is -2.08. The summed E-state index contributed by atoms with van der Waals surface area (Å²) in [6.07, 6.45) is 2.83. The lowest BCUT2D eigenvalue weighted by molar-refractivity contribution is 0.577. The second-order valence-corrected chi connectivity index (χ2v) is 5.51. The van der Waals surface area contributed by atoms with Crippen LogP contribution in [0.3, 0.4) is 0 Å². The van der Waals surface area contributed by atoms with Crippen molar-refractivity contribution in [1.82, 2.24) is 9.97 Å². The molecule has 3 nitrogen and oxygen atoms in total. The van der Waals surface area contributed by atoms with E-state index in [1.165, 1.54) is 30.6 Å². The van der Waals surface area contributed by atoms with Crippen LogP contribution in [0.5, 0.6) is 0 Å². The first-order chi connectivity index (χ1) is 12.4. The van der Waals surface area contributed by atoms with E-state index in [0.717, 1.165) is 12.1 Å². The maximum Gasteiger partial charge on any atom is 0.159 e. The third kappa shape index (κ3) is 3.14. The van der Waals surface area contributed by atoms with E-state index in [4.69, 9.17) is 5.26 Å². The highest BCUT2D eigenvalue weighted by molar-refractivity contribution is 5.65. The van der Waals surface area contributed by atoms with Crippen molar-refractivity contribution < 1.29 is 17.6 Å². The minimum absolute atomic E-state index is 0.00725. The smallest absolute Gasteiger partial charge is 0.159 e. The molecule has 130 valence electrons. The quantitative estimate of drug-likeness (QED) is 0.633. The number of aryl methyl sites for hydroxylation is 1. The predicted octanol–water partition coefficient (Wildman–Crippen LogP) is 4.80. The first-order valence-electron chi connectivity index (χ1n) is 7.64. The van der Waals surface area contributed by atoms with Crippen LogP contribution in [-0.4, -0.2) is 9.97 Å². The molecule has 0 saturated heterocycles. The monoisotopic (exact) mass is 357 g/mol. The molecule has 0 atom stereocenters. The summed E-state index contributed by atoms with van der Waals surface area (Å²) in [5.74, 6) is -3.60. The number of benzene rings is 2. The zero-order valence-corrected chi connectivity index (χ0v) is 13.5. The van der Waals surface area contributed by atoms with Crippen LogP contribution < -0.4 is 0 Å². The van der Waals surface area contributed by atoms with Crippen molar-refractivity contribution in [2.45, 2.75) is 13.3 Å². The third-order valence-corrected chi connectivity index (χ3v) is 3.86. The Balaban J connectivity index is 2.02. The summed E-state index contributed by atoms with van der Waals surface area (Å²) < 4.78 is 55.7. The fourth-order valence-corrected chi connectivity index (χ4v) is 2.52. The average molecular weight is 357 g/mol. The van der Waals surface area contributed by atoms with Gasteiger partial charge in [-0.25, -0.2) is 27.5 Å². The van der Waals surface area contributed by atoms with Gasteiger partial charge >= 0.3 is 0 Å². The van der Waals surface area contributed by atoms with E-state index in [1.54, 1.807) is 6.92 Å². The first-order valence-corrected chi connectivity index (χ1v) is 7.64. The summed E-state index contributed by atoms with van der Waals surface area (Å²) >= 11 is 0. The number of hydrogen-bond donors (Lipinski definition) is 0. The van der Waals surface area contributed by atoms with Crippen LogP contribution >= 0.6 is 0 Å². The van der Waals surface area contributed by atoms with Crippen molar-refractivity contribution in [1.29, 1.82) is 5.26 Å². The molecule has 0 fully saturated rings. The van der Waals surface area contributed by atoms with Gasteiger partial charge in [-0.2, -0.15) is 5.26 Å². The van der Waals surface area contributed by atoms with Crippen molar-refractivity contribution in [3.8, 4) is 28.6 Å². The normalized spacial score (nSPS) is 10.6. The molecule has 2 aromatic carbocycles. The largest absolute Gasteiger partial charge is 0.236 e. The highest BCUT2D eigenvalue weighted by Crippen LogP contribution is 2.28.